The molecule has 4 rings (SSSR count). The minimum Gasteiger partial charge on any atom is -0.260 e. The number of hydrogen-bond acceptors (Lipinski definition) is 6. The van der Waals surface area contributed by atoms with Gasteiger partial charge in [0.1, 0.15) is 11.4 Å². The first-order valence-corrected chi connectivity index (χ1v) is 8.53. The first kappa shape index (κ1) is 15.0. The third-order valence-electron chi connectivity index (χ3n) is 3.34. The van der Waals surface area contributed by atoms with Crippen LogP contribution in [0.4, 0.5) is 0 Å². The van der Waals surface area contributed by atoms with Gasteiger partial charge in [0, 0.05) is 17.0 Å². The zero-order chi connectivity index (χ0) is 16.4. The van der Waals surface area contributed by atoms with Gasteiger partial charge in [-0.3, -0.25) is 4.98 Å². The number of thioether (sulfide) groups is 1. The molecule has 8 heteroatoms. The van der Waals surface area contributed by atoms with E-state index in [-0.39, 0.29) is 0 Å². The van der Waals surface area contributed by atoms with Gasteiger partial charge in [0.05, 0.1) is 11.4 Å². The molecule has 3 heterocycles. The van der Waals surface area contributed by atoms with Crippen molar-refractivity contribution in [2.24, 2.45) is 0 Å². The van der Waals surface area contributed by atoms with E-state index in [1.165, 1.54) is 6.33 Å². The molecular weight excluding hydrogens is 344 g/mol. The van der Waals surface area contributed by atoms with Crippen molar-refractivity contribution in [3.63, 3.8) is 0 Å². The van der Waals surface area contributed by atoms with Crippen molar-refractivity contribution in [3.05, 3.63) is 65.7 Å². The molecule has 0 fully saturated rings. The first-order valence-electron chi connectivity index (χ1n) is 7.16. The number of fused-ring (bicyclic) bond motifs is 1. The fraction of sp³-hybridized carbons (Fsp3) is 0.0625. The van der Waals surface area contributed by atoms with E-state index in [2.05, 4.69) is 25.3 Å². The van der Waals surface area contributed by atoms with E-state index in [0.717, 1.165) is 16.4 Å². The van der Waals surface area contributed by atoms with E-state index in [1.807, 2.05) is 42.5 Å². The number of halogens is 1. The van der Waals surface area contributed by atoms with Gasteiger partial charge in [0.25, 0.3) is 0 Å². The van der Waals surface area contributed by atoms with Crippen molar-refractivity contribution in [2.45, 2.75) is 10.8 Å². The van der Waals surface area contributed by atoms with Crippen LogP contribution in [0.1, 0.15) is 5.69 Å². The van der Waals surface area contributed by atoms with Crippen molar-refractivity contribution in [1.82, 2.24) is 29.9 Å². The Balaban J connectivity index is 1.69. The van der Waals surface area contributed by atoms with Crippen LogP contribution in [0, 0.1) is 0 Å². The Labute approximate surface area is 146 Å². The lowest BCUT2D eigenvalue weighted by Gasteiger charge is -2.03. The van der Waals surface area contributed by atoms with Gasteiger partial charge in [0.2, 0.25) is 0 Å². The van der Waals surface area contributed by atoms with E-state index in [0.29, 0.717) is 21.9 Å². The van der Waals surface area contributed by atoms with Crippen LogP contribution in [0.5, 0.6) is 0 Å². The second-order valence-electron chi connectivity index (χ2n) is 4.94. The molecule has 1 aromatic carbocycles. The van der Waals surface area contributed by atoms with E-state index in [4.69, 9.17) is 11.6 Å². The average molecular weight is 355 g/mol. The van der Waals surface area contributed by atoms with Gasteiger partial charge < -0.3 is 0 Å². The molecule has 0 amide bonds. The molecule has 118 valence electrons. The second kappa shape index (κ2) is 6.54. The lowest BCUT2D eigenvalue weighted by Crippen LogP contribution is -1.98. The van der Waals surface area contributed by atoms with E-state index in [9.17, 15) is 0 Å². The number of nitrogens with zero attached hydrogens (tertiary/aromatic N) is 6. The average Bonchev–Trinajstić information content (AvgIpc) is 3.05. The molecule has 4 aromatic rings. The Bertz CT molecular complexity index is 988. The lowest BCUT2D eigenvalue weighted by molar-refractivity contribution is 0.817. The van der Waals surface area contributed by atoms with Gasteiger partial charge in [-0.1, -0.05) is 40.7 Å². The third kappa shape index (κ3) is 2.95. The highest BCUT2D eigenvalue weighted by molar-refractivity contribution is 7.98. The lowest BCUT2D eigenvalue weighted by atomic mass is 10.3. The number of pyridine rings is 1. The standard InChI is InChI=1S/C16H11ClN6S/c17-11-4-3-6-13(8-11)23-15-14(21-22-23)16(20-10-19-15)24-9-12-5-1-2-7-18-12/h1-8,10H,9H2. The fourth-order valence-electron chi connectivity index (χ4n) is 2.24. The summed E-state index contributed by atoms with van der Waals surface area (Å²) in [6.45, 7) is 0. The molecule has 0 atom stereocenters. The van der Waals surface area contributed by atoms with Crippen LogP contribution in [0.25, 0.3) is 16.9 Å². The van der Waals surface area contributed by atoms with Crippen LogP contribution in [-0.4, -0.2) is 29.9 Å². The maximum absolute atomic E-state index is 6.06. The fourth-order valence-corrected chi connectivity index (χ4v) is 3.27. The molecule has 0 radical (unpaired) electrons. The highest BCUT2D eigenvalue weighted by Gasteiger charge is 2.13. The van der Waals surface area contributed by atoms with Crippen LogP contribution in [0.3, 0.4) is 0 Å². The number of rotatable bonds is 4. The second-order valence-corrected chi connectivity index (χ2v) is 6.34. The maximum atomic E-state index is 6.06. The number of benzene rings is 1. The van der Waals surface area contributed by atoms with Crippen LogP contribution >= 0.6 is 23.4 Å². The molecule has 3 aromatic heterocycles. The summed E-state index contributed by atoms with van der Waals surface area (Å²) in [5, 5.41) is 9.85. The van der Waals surface area contributed by atoms with Crippen LogP contribution in [0.2, 0.25) is 5.02 Å². The quantitative estimate of drug-likeness (QED) is 0.412. The molecule has 0 aliphatic rings. The SMILES string of the molecule is Clc1cccc(-n2nnc3c(SCc4ccccn4)ncnc32)c1. The van der Waals surface area contributed by atoms with Crippen molar-refractivity contribution < 1.29 is 0 Å². The molecule has 0 unspecified atom stereocenters. The molecule has 6 nitrogen and oxygen atoms in total. The summed E-state index contributed by atoms with van der Waals surface area (Å²) in [5.74, 6) is 0.705. The first-order chi connectivity index (χ1) is 11.8. The van der Waals surface area contributed by atoms with Gasteiger partial charge in [-0.25, -0.2) is 9.97 Å². The van der Waals surface area contributed by atoms with Crippen LogP contribution < -0.4 is 0 Å². The topological polar surface area (TPSA) is 69.4 Å². The monoisotopic (exact) mass is 354 g/mol. The molecule has 0 saturated carbocycles. The predicted molar refractivity (Wildman–Crippen MR) is 93.3 cm³/mol. The molecule has 0 N–H and O–H groups in total. The van der Waals surface area contributed by atoms with Crippen molar-refractivity contribution >= 4 is 34.5 Å². The minimum absolute atomic E-state index is 0.634. The van der Waals surface area contributed by atoms with E-state index >= 15 is 0 Å². The summed E-state index contributed by atoms with van der Waals surface area (Å²) in [7, 11) is 0. The molecule has 0 aliphatic carbocycles. The summed E-state index contributed by atoms with van der Waals surface area (Å²) in [5.41, 5.74) is 3.11. The highest BCUT2D eigenvalue weighted by Crippen LogP contribution is 2.26. The van der Waals surface area contributed by atoms with Gasteiger partial charge in [-0.2, -0.15) is 4.68 Å². The summed E-state index contributed by atoms with van der Waals surface area (Å²) in [4.78, 5) is 13.0. The molecule has 0 saturated heterocycles. The van der Waals surface area contributed by atoms with Gasteiger partial charge in [-0.05, 0) is 30.3 Å². The van der Waals surface area contributed by atoms with Gasteiger partial charge in [-0.15, -0.1) is 5.10 Å². The predicted octanol–water partition coefficient (Wildman–Crippen LogP) is 3.55. The molecular formula is C16H11ClN6S. The van der Waals surface area contributed by atoms with E-state index in [1.54, 1.807) is 22.6 Å². The Morgan fingerprint density at radius 2 is 2.00 bits per heavy atom. The molecule has 0 bridgehead atoms. The largest absolute Gasteiger partial charge is 0.260 e. The maximum Gasteiger partial charge on any atom is 0.187 e. The van der Waals surface area contributed by atoms with Crippen molar-refractivity contribution in [1.29, 1.82) is 0 Å². The molecule has 0 aliphatic heterocycles. The van der Waals surface area contributed by atoms with E-state index < -0.39 is 0 Å². The zero-order valence-corrected chi connectivity index (χ0v) is 13.9. The number of hydrogen-bond donors (Lipinski definition) is 0. The zero-order valence-electron chi connectivity index (χ0n) is 12.4. The van der Waals surface area contributed by atoms with Crippen LogP contribution in [0.15, 0.2) is 60.0 Å². The van der Waals surface area contributed by atoms with Crippen molar-refractivity contribution in [3.8, 4) is 5.69 Å². The highest BCUT2D eigenvalue weighted by atomic mass is 35.5. The minimum atomic E-state index is 0.634. The Morgan fingerprint density at radius 3 is 2.83 bits per heavy atom. The Morgan fingerprint density at radius 1 is 1.04 bits per heavy atom. The van der Waals surface area contributed by atoms with Gasteiger partial charge >= 0.3 is 0 Å². The summed E-state index contributed by atoms with van der Waals surface area (Å²) in [6, 6.07) is 13.2. The summed E-state index contributed by atoms with van der Waals surface area (Å²) in [6.07, 6.45) is 3.30. The molecule has 24 heavy (non-hydrogen) atoms. The van der Waals surface area contributed by atoms with Crippen molar-refractivity contribution in [2.75, 3.05) is 0 Å². The van der Waals surface area contributed by atoms with Crippen LogP contribution in [-0.2, 0) is 5.75 Å². The smallest absolute Gasteiger partial charge is 0.187 e. The Kier molecular flexibility index (Phi) is 4.10. The summed E-state index contributed by atoms with van der Waals surface area (Å²) >= 11 is 7.62. The third-order valence-corrected chi connectivity index (χ3v) is 4.59. The van der Waals surface area contributed by atoms with Gasteiger partial charge in [0.15, 0.2) is 11.2 Å². The normalized spacial score (nSPS) is 11.0. The number of aromatic nitrogens is 6. The summed E-state index contributed by atoms with van der Waals surface area (Å²) < 4.78 is 1.66. The Hall–Kier alpha value is -2.51. The molecule has 0 spiro atoms.